The highest BCUT2D eigenvalue weighted by atomic mass is 16.3. The summed E-state index contributed by atoms with van der Waals surface area (Å²) in [7, 11) is 0. The summed E-state index contributed by atoms with van der Waals surface area (Å²) in [5.74, 6) is -0.283. The fourth-order valence-corrected chi connectivity index (χ4v) is 8.17. The number of hydrogen-bond acceptors (Lipinski definition) is 4. The molecule has 0 bridgehead atoms. The molecule has 4 N–H and O–H groups in total. The van der Waals surface area contributed by atoms with Crippen molar-refractivity contribution < 1.29 is 20.1 Å². The molecule has 0 fully saturated rings. The zero-order valence-corrected chi connectivity index (χ0v) is 38.0. The monoisotopic (exact) mass is 792 g/mol. The van der Waals surface area contributed by atoms with Gasteiger partial charge in [0.2, 0.25) is 5.91 Å². The maximum Gasteiger partial charge on any atom is 0.222 e. The third-order valence-corrected chi connectivity index (χ3v) is 12.1. The van der Waals surface area contributed by atoms with E-state index in [9.17, 15) is 20.1 Å². The zero-order chi connectivity index (χ0) is 40.8. The van der Waals surface area contributed by atoms with Gasteiger partial charge in [0, 0.05) is 0 Å². The molecule has 5 heteroatoms. The number of rotatable bonds is 47. The minimum Gasteiger partial charge on any atom is -0.394 e. The lowest BCUT2D eigenvalue weighted by atomic mass is 10.0. The zero-order valence-electron chi connectivity index (χ0n) is 38.0. The summed E-state index contributed by atoms with van der Waals surface area (Å²) >= 11 is 0. The Kier molecular flexibility index (Phi) is 46.0. The van der Waals surface area contributed by atoms with E-state index in [-0.39, 0.29) is 18.9 Å². The quantitative estimate of drug-likeness (QED) is 0.0365. The Morgan fingerprint density at radius 2 is 0.714 bits per heavy atom. The van der Waals surface area contributed by atoms with Crippen molar-refractivity contribution in [1.29, 1.82) is 0 Å². The van der Waals surface area contributed by atoms with Gasteiger partial charge in [-0.3, -0.25) is 4.79 Å². The van der Waals surface area contributed by atoms with Crippen LogP contribution in [-0.4, -0.2) is 46.1 Å². The van der Waals surface area contributed by atoms with Crippen molar-refractivity contribution in [3.8, 4) is 0 Å². The van der Waals surface area contributed by atoms with Crippen LogP contribution in [0.1, 0.15) is 284 Å². The van der Waals surface area contributed by atoms with Crippen LogP contribution < -0.4 is 5.32 Å². The summed E-state index contributed by atoms with van der Waals surface area (Å²) < 4.78 is 0. The van der Waals surface area contributed by atoms with Crippen molar-refractivity contribution in [2.24, 2.45) is 0 Å². The Morgan fingerprint density at radius 3 is 1.04 bits per heavy atom. The molecular weight excluding hydrogens is 691 g/mol. The highest BCUT2D eigenvalue weighted by Gasteiger charge is 2.21. The van der Waals surface area contributed by atoms with Crippen molar-refractivity contribution in [2.75, 3.05) is 6.61 Å². The van der Waals surface area contributed by atoms with Crippen LogP contribution in [0.15, 0.2) is 12.2 Å². The molecule has 0 aromatic heterocycles. The summed E-state index contributed by atoms with van der Waals surface area (Å²) in [5, 5.41) is 33.5. The summed E-state index contributed by atoms with van der Waals surface area (Å²) in [4.78, 5) is 12.5. The van der Waals surface area contributed by atoms with E-state index in [1.54, 1.807) is 0 Å². The molecule has 0 aromatic carbocycles. The van der Waals surface area contributed by atoms with E-state index >= 15 is 0 Å². The van der Waals surface area contributed by atoms with Crippen LogP contribution in [0.5, 0.6) is 0 Å². The van der Waals surface area contributed by atoms with Gasteiger partial charge < -0.3 is 20.6 Å². The third kappa shape index (κ3) is 42.7. The summed E-state index contributed by atoms with van der Waals surface area (Å²) in [6.07, 6.45) is 56.3. The minimum absolute atomic E-state index is 0.0341. The van der Waals surface area contributed by atoms with Gasteiger partial charge in [0.25, 0.3) is 0 Å². The average molecular weight is 792 g/mol. The summed E-state index contributed by atoms with van der Waals surface area (Å²) in [6, 6.07) is -0.659. The van der Waals surface area contributed by atoms with Crippen molar-refractivity contribution in [3.05, 3.63) is 12.2 Å². The molecule has 334 valence electrons. The summed E-state index contributed by atoms with van der Waals surface area (Å²) in [5.41, 5.74) is 0. The lowest BCUT2D eigenvalue weighted by Crippen LogP contribution is -2.46. The maximum atomic E-state index is 12.5. The molecule has 0 heterocycles. The van der Waals surface area contributed by atoms with E-state index in [0.29, 0.717) is 12.8 Å². The Labute approximate surface area is 350 Å². The van der Waals surface area contributed by atoms with Gasteiger partial charge in [-0.1, -0.05) is 251 Å². The standard InChI is InChI=1S/C51H101NO4/c1-3-5-7-9-11-13-15-17-19-21-22-23-24-25-26-27-29-31-33-35-37-39-41-43-45-50(55)49(47-53)52-51(56)46-48(54)44-42-40-38-36-34-32-30-28-20-18-16-14-12-10-8-6-4-2/h28,30,48-50,53-55H,3-27,29,31-47H2,1-2H3,(H,52,56)/b30-28-. The number of amides is 1. The number of unbranched alkanes of at least 4 members (excludes halogenated alkanes) is 36. The minimum atomic E-state index is -0.749. The topological polar surface area (TPSA) is 89.8 Å². The number of carbonyl (C=O) groups is 1. The molecular formula is C51H101NO4. The van der Waals surface area contributed by atoms with Gasteiger partial charge in [0.05, 0.1) is 31.3 Å². The number of allylic oxidation sites excluding steroid dienone is 2. The Bertz CT molecular complexity index is 788. The lowest BCUT2D eigenvalue weighted by molar-refractivity contribution is -0.125. The molecule has 0 aliphatic carbocycles. The van der Waals surface area contributed by atoms with Gasteiger partial charge in [-0.25, -0.2) is 0 Å². The first-order valence-electron chi connectivity index (χ1n) is 25.5. The molecule has 0 rings (SSSR count). The van der Waals surface area contributed by atoms with Gasteiger partial charge in [-0.05, 0) is 38.5 Å². The smallest absolute Gasteiger partial charge is 0.222 e. The van der Waals surface area contributed by atoms with Gasteiger partial charge in [0.15, 0.2) is 0 Å². The van der Waals surface area contributed by atoms with Gasteiger partial charge >= 0.3 is 0 Å². The van der Waals surface area contributed by atoms with Crippen LogP contribution in [0.2, 0.25) is 0 Å². The van der Waals surface area contributed by atoms with Crippen LogP contribution >= 0.6 is 0 Å². The second-order valence-electron chi connectivity index (χ2n) is 17.8. The second-order valence-corrected chi connectivity index (χ2v) is 17.8. The van der Waals surface area contributed by atoms with Crippen molar-refractivity contribution in [2.45, 2.75) is 302 Å². The Balaban J connectivity index is 3.54. The fourth-order valence-electron chi connectivity index (χ4n) is 8.17. The number of aliphatic hydroxyl groups excluding tert-OH is 3. The molecule has 5 nitrogen and oxygen atoms in total. The van der Waals surface area contributed by atoms with Gasteiger partial charge in [0.1, 0.15) is 0 Å². The van der Waals surface area contributed by atoms with E-state index in [4.69, 9.17) is 0 Å². The normalized spacial score (nSPS) is 13.4. The molecule has 3 unspecified atom stereocenters. The van der Waals surface area contributed by atoms with E-state index in [0.717, 1.165) is 32.1 Å². The van der Waals surface area contributed by atoms with Crippen LogP contribution in [0.25, 0.3) is 0 Å². The van der Waals surface area contributed by atoms with Crippen LogP contribution in [0, 0.1) is 0 Å². The van der Waals surface area contributed by atoms with E-state index in [1.165, 1.54) is 218 Å². The molecule has 3 atom stereocenters. The van der Waals surface area contributed by atoms with Crippen LogP contribution in [-0.2, 0) is 4.79 Å². The molecule has 56 heavy (non-hydrogen) atoms. The van der Waals surface area contributed by atoms with Crippen LogP contribution in [0.3, 0.4) is 0 Å². The molecule has 1 amide bonds. The highest BCUT2D eigenvalue weighted by molar-refractivity contribution is 5.76. The highest BCUT2D eigenvalue weighted by Crippen LogP contribution is 2.17. The van der Waals surface area contributed by atoms with Gasteiger partial charge in [-0.15, -0.1) is 0 Å². The second kappa shape index (κ2) is 46.8. The maximum absolute atomic E-state index is 12.5. The summed E-state index contributed by atoms with van der Waals surface area (Å²) in [6.45, 7) is 4.29. The van der Waals surface area contributed by atoms with Crippen molar-refractivity contribution in [3.63, 3.8) is 0 Å². The van der Waals surface area contributed by atoms with Crippen molar-refractivity contribution in [1.82, 2.24) is 5.32 Å². The average Bonchev–Trinajstić information content (AvgIpc) is 3.19. The third-order valence-electron chi connectivity index (χ3n) is 12.1. The molecule has 0 saturated heterocycles. The molecule has 0 aliphatic rings. The molecule has 0 radical (unpaired) electrons. The number of hydrogen-bond donors (Lipinski definition) is 4. The predicted octanol–water partition coefficient (Wildman–Crippen LogP) is 15.2. The predicted molar refractivity (Wildman–Crippen MR) is 245 cm³/mol. The number of aliphatic hydroxyl groups is 3. The first kappa shape index (κ1) is 55.1. The fraction of sp³-hybridized carbons (Fsp3) is 0.941. The number of carbonyl (C=O) groups excluding carboxylic acids is 1. The molecule has 0 saturated carbocycles. The molecule has 0 aliphatic heterocycles. The Hall–Kier alpha value is -0.910. The van der Waals surface area contributed by atoms with E-state index in [1.807, 2.05) is 0 Å². The first-order chi connectivity index (χ1) is 27.5. The van der Waals surface area contributed by atoms with E-state index in [2.05, 4.69) is 31.3 Å². The molecule has 0 aromatic rings. The van der Waals surface area contributed by atoms with E-state index < -0.39 is 18.2 Å². The molecule has 0 spiro atoms. The largest absolute Gasteiger partial charge is 0.394 e. The Morgan fingerprint density at radius 1 is 0.429 bits per heavy atom. The van der Waals surface area contributed by atoms with Crippen molar-refractivity contribution >= 4 is 5.91 Å². The first-order valence-corrected chi connectivity index (χ1v) is 25.5. The van der Waals surface area contributed by atoms with Crippen LogP contribution in [0.4, 0.5) is 0 Å². The van der Waals surface area contributed by atoms with Gasteiger partial charge in [-0.2, -0.15) is 0 Å². The lowest BCUT2D eigenvalue weighted by Gasteiger charge is -2.23. The number of nitrogens with one attached hydrogen (secondary N) is 1. The SMILES string of the molecule is CCCCCCCCCC/C=C\CCCCCCCC(O)CC(=O)NC(CO)C(O)CCCCCCCCCCCCCCCCCCCCCCCCCC.